The molecule has 1 aromatic heterocycles. The second-order valence-corrected chi connectivity index (χ2v) is 8.75. The fourth-order valence-corrected chi connectivity index (χ4v) is 4.76. The highest BCUT2D eigenvalue weighted by Crippen LogP contribution is 2.44. The number of nitrogens with zero attached hydrogens (tertiary/aromatic N) is 1. The molecule has 1 aliphatic rings. The van der Waals surface area contributed by atoms with Crippen LogP contribution in [0.25, 0.3) is 5.76 Å². The number of hydrogen-bond donors (Lipinski definition) is 1. The first-order valence-electron chi connectivity index (χ1n) is 10.2. The lowest BCUT2D eigenvalue weighted by molar-refractivity contribution is -0.132. The molecule has 7 heteroatoms. The molecule has 1 N–H and O–H groups in total. The van der Waals surface area contributed by atoms with E-state index in [1.54, 1.807) is 24.3 Å². The van der Waals surface area contributed by atoms with Crippen molar-refractivity contribution in [2.45, 2.75) is 32.9 Å². The molecule has 0 saturated carbocycles. The van der Waals surface area contributed by atoms with Crippen molar-refractivity contribution >= 4 is 34.5 Å². The maximum atomic E-state index is 13.5. The van der Waals surface area contributed by atoms with Crippen molar-refractivity contribution in [3.63, 3.8) is 0 Å². The predicted molar refractivity (Wildman–Crippen MR) is 122 cm³/mol. The van der Waals surface area contributed by atoms with E-state index in [-0.39, 0.29) is 17.4 Å². The highest BCUT2D eigenvalue weighted by molar-refractivity contribution is 7.10. The Bertz CT molecular complexity index is 1200. The number of hydrogen-bond acceptors (Lipinski definition) is 5. The van der Waals surface area contributed by atoms with Crippen LogP contribution in [-0.2, 0) is 9.59 Å². The molecule has 5 nitrogen and oxygen atoms in total. The van der Waals surface area contributed by atoms with Gasteiger partial charge in [-0.3, -0.25) is 14.5 Å². The minimum Gasteiger partial charge on any atom is -0.507 e. The van der Waals surface area contributed by atoms with E-state index in [0.29, 0.717) is 17.0 Å². The van der Waals surface area contributed by atoms with Crippen molar-refractivity contribution in [3.8, 4) is 5.75 Å². The summed E-state index contributed by atoms with van der Waals surface area (Å²) >= 11 is 1.39. The fraction of sp³-hybridized carbons (Fsp3) is 0.200. The summed E-state index contributed by atoms with van der Waals surface area (Å²) < 4.78 is 19.1. The van der Waals surface area contributed by atoms with Crippen LogP contribution in [0, 0.1) is 12.7 Å². The lowest BCUT2D eigenvalue weighted by atomic mass is 9.98. The van der Waals surface area contributed by atoms with Gasteiger partial charge in [0, 0.05) is 16.1 Å². The Hall–Kier alpha value is -3.45. The van der Waals surface area contributed by atoms with Gasteiger partial charge in [-0.15, -0.1) is 11.3 Å². The number of Topliss-reactive ketones (excluding diaryl/α,β-unsaturated/α-hetero) is 1. The number of carbonyl (C=O) groups is 2. The van der Waals surface area contributed by atoms with Crippen LogP contribution >= 0.6 is 11.3 Å². The summed E-state index contributed by atoms with van der Waals surface area (Å²) in [6.45, 7) is 5.71. The van der Waals surface area contributed by atoms with E-state index in [1.807, 2.05) is 32.2 Å². The Morgan fingerprint density at radius 1 is 1.06 bits per heavy atom. The first-order valence-corrected chi connectivity index (χ1v) is 11.0. The average molecular weight is 452 g/mol. The summed E-state index contributed by atoms with van der Waals surface area (Å²) in [5.41, 5.74) is 1.67. The number of ether oxygens (including phenoxy) is 1. The second kappa shape index (κ2) is 8.59. The summed E-state index contributed by atoms with van der Waals surface area (Å²) in [5.74, 6) is -1.63. The molecule has 1 unspecified atom stereocenters. The molecule has 2 heterocycles. The van der Waals surface area contributed by atoms with E-state index < -0.39 is 23.5 Å². The molecule has 1 saturated heterocycles. The topological polar surface area (TPSA) is 66.8 Å². The number of rotatable bonds is 5. The first kappa shape index (κ1) is 21.8. The van der Waals surface area contributed by atoms with Crippen LogP contribution in [0.4, 0.5) is 10.1 Å². The third kappa shape index (κ3) is 3.91. The summed E-state index contributed by atoms with van der Waals surface area (Å²) in [6, 6.07) is 13.2. The molecule has 3 aromatic rings. The third-order valence-electron chi connectivity index (χ3n) is 5.20. The Morgan fingerprint density at radius 2 is 1.72 bits per heavy atom. The zero-order chi connectivity index (χ0) is 23.0. The molecule has 1 fully saturated rings. The third-order valence-corrected chi connectivity index (χ3v) is 6.27. The van der Waals surface area contributed by atoms with Gasteiger partial charge in [0.25, 0.3) is 11.7 Å². The predicted octanol–water partition coefficient (Wildman–Crippen LogP) is 5.61. The number of aliphatic hydroxyl groups excluding tert-OH is 1. The first-order chi connectivity index (χ1) is 15.3. The average Bonchev–Trinajstić information content (AvgIpc) is 3.29. The second-order valence-electron chi connectivity index (χ2n) is 7.80. The molecule has 4 rings (SSSR count). The van der Waals surface area contributed by atoms with E-state index in [4.69, 9.17) is 4.74 Å². The van der Waals surface area contributed by atoms with Crippen LogP contribution in [0.1, 0.15) is 35.9 Å². The van der Waals surface area contributed by atoms with Crippen LogP contribution in [0.5, 0.6) is 5.75 Å². The van der Waals surface area contributed by atoms with Gasteiger partial charge in [0.15, 0.2) is 0 Å². The maximum absolute atomic E-state index is 13.5. The van der Waals surface area contributed by atoms with Gasteiger partial charge in [-0.05, 0) is 86.3 Å². The number of thiophene rings is 1. The smallest absolute Gasteiger partial charge is 0.300 e. The highest BCUT2D eigenvalue weighted by atomic mass is 32.1. The zero-order valence-corrected chi connectivity index (χ0v) is 18.7. The molecule has 164 valence electrons. The van der Waals surface area contributed by atoms with Crippen LogP contribution in [0.2, 0.25) is 0 Å². The number of ketones is 1. The van der Waals surface area contributed by atoms with Gasteiger partial charge in [-0.2, -0.15) is 0 Å². The van der Waals surface area contributed by atoms with E-state index in [1.165, 1.54) is 40.5 Å². The van der Waals surface area contributed by atoms with Gasteiger partial charge in [0.05, 0.1) is 11.7 Å². The van der Waals surface area contributed by atoms with Gasteiger partial charge in [0.1, 0.15) is 23.4 Å². The standard InChI is InChI=1S/C25H22FNO4S/c1-14(2)31-19-10-4-16(5-11-19)22(28)20-21(24-15(3)12-13-32-24)27(25(30)23(20)29)18-8-6-17(26)7-9-18/h4-14,21,28H,1-3H3/b22-20-. The Morgan fingerprint density at radius 3 is 2.28 bits per heavy atom. The largest absolute Gasteiger partial charge is 0.507 e. The monoisotopic (exact) mass is 451 g/mol. The van der Waals surface area contributed by atoms with Crippen LogP contribution < -0.4 is 9.64 Å². The minimum absolute atomic E-state index is 0.00222. The molecule has 0 aliphatic carbocycles. The molecule has 2 aromatic carbocycles. The van der Waals surface area contributed by atoms with E-state index in [9.17, 15) is 19.1 Å². The van der Waals surface area contributed by atoms with Crippen LogP contribution in [0.3, 0.4) is 0 Å². The summed E-state index contributed by atoms with van der Waals surface area (Å²) in [4.78, 5) is 28.2. The van der Waals surface area contributed by atoms with Gasteiger partial charge < -0.3 is 9.84 Å². The normalized spacial score (nSPS) is 17.9. The molecule has 32 heavy (non-hydrogen) atoms. The van der Waals surface area contributed by atoms with Crippen molar-refractivity contribution in [3.05, 3.63) is 87.4 Å². The van der Waals surface area contributed by atoms with Gasteiger partial charge >= 0.3 is 0 Å². The number of amides is 1. The number of aryl methyl sites for hydroxylation is 1. The molecule has 1 aliphatic heterocycles. The Balaban J connectivity index is 1.85. The lowest BCUT2D eigenvalue weighted by Gasteiger charge is -2.25. The molecular formula is C25H22FNO4S. The van der Waals surface area contributed by atoms with Crippen molar-refractivity contribution < 1.29 is 23.8 Å². The van der Waals surface area contributed by atoms with Crippen molar-refractivity contribution in [1.29, 1.82) is 0 Å². The molecule has 1 atom stereocenters. The molecular weight excluding hydrogens is 429 g/mol. The van der Waals surface area contributed by atoms with Gasteiger partial charge in [-0.1, -0.05) is 0 Å². The van der Waals surface area contributed by atoms with Crippen LogP contribution in [-0.4, -0.2) is 22.9 Å². The number of aliphatic hydroxyl groups is 1. The summed E-state index contributed by atoms with van der Waals surface area (Å²) in [6.07, 6.45) is -0.00251. The number of benzene rings is 2. The zero-order valence-electron chi connectivity index (χ0n) is 17.8. The van der Waals surface area contributed by atoms with E-state index in [0.717, 1.165) is 10.4 Å². The van der Waals surface area contributed by atoms with E-state index in [2.05, 4.69) is 0 Å². The lowest BCUT2D eigenvalue weighted by Crippen LogP contribution is -2.29. The van der Waals surface area contributed by atoms with Crippen molar-refractivity contribution in [1.82, 2.24) is 0 Å². The van der Waals surface area contributed by atoms with Crippen molar-refractivity contribution in [2.75, 3.05) is 4.90 Å². The van der Waals surface area contributed by atoms with Gasteiger partial charge in [-0.25, -0.2) is 4.39 Å². The van der Waals surface area contributed by atoms with Gasteiger partial charge in [0.2, 0.25) is 0 Å². The minimum atomic E-state index is -0.813. The van der Waals surface area contributed by atoms with E-state index >= 15 is 0 Å². The highest BCUT2D eigenvalue weighted by Gasteiger charge is 2.47. The number of anilines is 1. The SMILES string of the molecule is Cc1ccsc1C1/C(=C(/O)c2ccc(OC(C)C)cc2)C(=O)C(=O)N1c1ccc(F)cc1. The molecule has 0 spiro atoms. The molecule has 1 amide bonds. The summed E-state index contributed by atoms with van der Waals surface area (Å²) in [5, 5.41) is 13.0. The number of halogens is 1. The number of carbonyl (C=O) groups excluding carboxylic acids is 2. The quantitative estimate of drug-likeness (QED) is 0.311. The van der Waals surface area contributed by atoms with Crippen LogP contribution in [0.15, 0.2) is 65.6 Å². The maximum Gasteiger partial charge on any atom is 0.300 e. The Labute approximate surface area is 189 Å². The van der Waals surface area contributed by atoms with Crippen molar-refractivity contribution in [2.24, 2.45) is 0 Å². The molecule has 0 radical (unpaired) electrons. The summed E-state index contributed by atoms with van der Waals surface area (Å²) in [7, 11) is 0. The molecule has 0 bridgehead atoms. The fourth-order valence-electron chi connectivity index (χ4n) is 3.73. The Kier molecular flexibility index (Phi) is 5.84.